The van der Waals surface area contributed by atoms with Crippen LogP contribution in [0.2, 0.25) is 0 Å². The van der Waals surface area contributed by atoms with Crippen molar-refractivity contribution in [3.05, 3.63) is 58.8 Å². The molecular weight excluding hydrogens is 530 g/mol. The van der Waals surface area contributed by atoms with Crippen LogP contribution in [-0.2, 0) is 27.4 Å². The van der Waals surface area contributed by atoms with Crippen LogP contribution in [0.15, 0.2) is 36.5 Å². The number of ether oxygens (including phenoxy) is 2. The molecule has 2 aliphatic heterocycles. The molecular formula is C30H42ClN5O4. The lowest BCUT2D eigenvalue weighted by Gasteiger charge is -2.27. The summed E-state index contributed by atoms with van der Waals surface area (Å²) in [7, 11) is 3.48. The summed E-state index contributed by atoms with van der Waals surface area (Å²) in [5.41, 5.74) is 3.97. The van der Waals surface area contributed by atoms with Crippen molar-refractivity contribution >= 4 is 36.1 Å². The van der Waals surface area contributed by atoms with Crippen molar-refractivity contribution in [3.63, 3.8) is 0 Å². The molecule has 1 aromatic heterocycles. The molecule has 2 amide bonds. The van der Waals surface area contributed by atoms with Crippen LogP contribution in [0, 0.1) is 0 Å². The summed E-state index contributed by atoms with van der Waals surface area (Å²) < 4.78 is 11.0. The summed E-state index contributed by atoms with van der Waals surface area (Å²) >= 11 is 0. The summed E-state index contributed by atoms with van der Waals surface area (Å²) in [5, 5.41) is 2.93. The third-order valence-electron chi connectivity index (χ3n) is 7.21. The number of nitrogens with zero attached hydrogens (tertiary/aromatic N) is 4. The van der Waals surface area contributed by atoms with Crippen LogP contribution in [0.1, 0.15) is 48.4 Å². The smallest absolute Gasteiger partial charge is 0.246 e. The first-order chi connectivity index (χ1) is 18.8. The molecule has 4 rings (SSSR count). The molecule has 218 valence electrons. The predicted octanol–water partition coefficient (Wildman–Crippen LogP) is 3.78. The van der Waals surface area contributed by atoms with E-state index in [1.165, 1.54) is 0 Å². The Labute approximate surface area is 243 Å². The molecule has 9 nitrogen and oxygen atoms in total. The van der Waals surface area contributed by atoms with Gasteiger partial charge in [0.1, 0.15) is 11.6 Å². The molecule has 1 saturated heterocycles. The van der Waals surface area contributed by atoms with Crippen LogP contribution in [0.3, 0.4) is 0 Å². The number of likely N-dealkylation sites (N-methyl/N-ethyl adjacent to an activating group) is 1. The van der Waals surface area contributed by atoms with Gasteiger partial charge in [-0.3, -0.25) is 19.4 Å². The monoisotopic (exact) mass is 571 g/mol. The van der Waals surface area contributed by atoms with E-state index in [4.69, 9.17) is 9.47 Å². The molecule has 0 bridgehead atoms. The Kier molecular flexibility index (Phi) is 11.9. The number of morpholine rings is 1. The van der Waals surface area contributed by atoms with Gasteiger partial charge in [0.05, 0.1) is 26.9 Å². The number of nitrogens with one attached hydrogen (secondary N) is 1. The quantitative estimate of drug-likeness (QED) is 0.434. The van der Waals surface area contributed by atoms with E-state index in [2.05, 4.69) is 33.9 Å². The number of amides is 2. The van der Waals surface area contributed by atoms with Crippen molar-refractivity contribution in [3.8, 4) is 5.75 Å². The van der Waals surface area contributed by atoms with Crippen molar-refractivity contribution < 1.29 is 19.1 Å². The summed E-state index contributed by atoms with van der Waals surface area (Å²) in [6.45, 7) is 11.1. The van der Waals surface area contributed by atoms with Crippen molar-refractivity contribution in [2.24, 2.45) is 0 Å². The average molecular weight is 572 g/mol. The zero-order valence-corrected chi connectivity index (χ0v) is 24.8. The second kappa shape index (κ2) is 15.1. The van der Waals surface area contributed by atoms with E-state index in [1.807, 2.05) is 24.3 Å². The van der Waals surface area contributed by atoms with Gasteiger partial charge in [-0.05, 0) is 48.2 Å². The maximum absolute atomic E-state index is 13.0. The number of rotatable bonds is 10. The van der Waals surface area contributed by atoms with E-state index < -0.39 is 0 Å². The van der Waals surface area contributed by atoms with E-state index in [-0.39, 0.29) is 30.1 Å². The molecule has 2 aromatic rings. The minimum atomic E-state index is -0.0967. The van der Waals surface area contributed by atoms with Gasteiger partial charge in [0.2, 0.25) is 11.8 Å². The number of methoxy groups -OCH3 is 1. The fourth-order valence-corrected chi connectivity index (χ4v) is 5.21. The summed E-state index contributed by atoms with van der Waals surface area (Å²) in [5.74, 6) is 1.57. The van der Waals surface area contributed by atoms with E-state index in [9.17, 15) is 9.59 Å². The van der Waals surface area contributed by atoms with E-state index in [0.717, 1.165) is 73.8 Å². The lowest BCUT2D eigenvalue weighted by atomic mass is 9.95. The molecule has 1 fully saturated rings. The summed E-state index contributed by atoms with van der Waals surface area (Å²) in [6, 6.07) is 7.97. The molecule has 0 unspecified atom stereocenters. The van der Waals surface area contributed by atoms with Crippen molar-refractivity contribution in [1.82, 2.24) is 19.7 Å². The van der Waals surface area contributed by atoms with Crippen LogP contribution >= 0.6 is 12.4 Å². The highest BCUT2D eigenvalue weighted by molar-refractivity contribution is 5.93. The number of halogens is 1. The molecule has 0 aliphatic carbocycles. The molecule has 10 heteroatoms. The first-order valence-electron chi connectivity index (χ1n) is 13.7. The highest BCUT2D eigenvalue weighted by Crippen LogP contribution is 2.30. The Hall–Kier alpha value is -2.98. The molecule has 0 atom stereocenters. The van der Waals surface area contributed by atoms with Crippen LogP contribution in [0.5, 0.6) is 5.75 Å². The lowest BCUT2D eigenvalue weighted by Crippen LogP contribution is -2.38. The molecule has 0 radical (unpaired) electrons. The van der Waals surface area contributed by atoms with Crippen LogP contribution in [-0.4, -0.2) is 91.6 Å². The fourth-order valence-electron chi connectivity index (χ4n) is 5.21. The summed E-state index contributed by atoms with van der Waals surface area (Å²) in [4.78, 5) is 36.2. The predicted molar refractivity (Wildman–Crippen MR) is 160 cm³/mol. The van der Waals surface area contributed by atoms with Gasteiger partial charge >= 0.3 is 0 Å². The Morgan fingerprint density at radius 2 is 1.95 bits per heavy atom. The number of aromatic nitrogens is 1. The topological polar surface area (TPSA) is 87.2 Å². The number of hydrogen-bond donors (Lipinski definition) is 1. The Bertz CT molecular complexity index is 1180. The van der Waals surface area contributed by atoms with Gasteiger partial charge in [-0.15, -0.1) is 12.4 Å². The number of pyridine rings is 1. The second-order valence-corrected chi connectivity index (χ2v) is 10.6. The second-order valence-electron chi connectivity index (χ2n) is 10.6. The van der Waals surface area contributed by atoms with Crippen LogP contribution in [0.4, 0.5) is 5.82 Å². The average Bonchev–Trinajstić information content (AvgIpc) is 3.08. The molecule has 0 saturated carbocycles. The van der Waals surface area contributed by atoms with Gasteiger partial charge in [0.15, 0.2) is 0 Å². The Balaban J connectivity index is 0.00000441. The lowest BCUT2D eigenvalue weighted by molar-refractivity contribution is -0.125. The molecule has 0 spiro atoms. The van der Waals surface area contributed by atoms with Gasteiger partial charge < -0.3 is 19.7 Å². The third-order valence-corrected chi connectivity index (χ3v) is 7.21. The Morgan fingerprint density at radius 3 is 2.67 bits per heavy atom. The number of hydrogen-bond acceptors (Lipinski definition) is 7. The largest absolute Gasteiger partial charge is 0.496 e. The maximum atomic E-state index is 13.0. The number of benzene rings is 1. The number of carbonyl (C=O) groups is 2. The number of anilines is 1. The number of carbonyl (C=O) groups excluding carboxylic acids is 2. The first kappa shape index (κ1) is 31.5. The zero-order chi connectivity index (χ0) is 27.8. The SMILES string of the molecule is COc1cccc(CN(C)C(=O)/C=C/c2cnc3c(c2)CN(CCCN2CCOCC2)CC(=O)N3)c1C(C)C.Cl. The molecule has 40 heavy (non-hydrogen) atoms. The van der Waals surface area contributed by atoms with Crippen molar-refractivity contribution in [2.75, 3.05) is 65.4 Å². The molecule has 1 N–H and O–H groups in total. The fraction of sp³-hybridized carbons (Fsp3) is 0.500. The van der Waals surface area contributed by atoms with Gasteiger partial charge in [0, 0.05) is 63.2 Å². The highest BCUT2D eigenvalue weighted by atomic mass is 35.5. The van der Waals surface area contributed by atoms with E-state index in [0.29, 0.717) is 25.5 Å². The minimum absolute atomic E-state index is 0. The standard InChI is InChI=1S/C30H41N5O4.ClH/c1-22(2)29-24(7-5-8-26(29)38-4)19-33(3)28(37)10-9-23-17-25-20-35(21-27(36)32-30(25)31-18-23)12-6-11-34-13-15-39-16-14-34;/h5,7-10,17-18,22H,6,11-16,19-21H2,1-4H3,(H,31,32,36);1H/b10-9+;. The highest BCUT2D eigenvalue weighted by Gasteiger charge is 2.21. The Morgan fingerprint density at radius 1 is 1.20 bits per heavy atom. The maximum Gasteiger partial charge on any atom is 0.246 e. The van der Waals surface area contributed by atoms with E-state index >= 15 is 0 Å². The third kappa shape index (κ3) is 8.51. The van der Waals surface area contributed by atoms with E-state index in [1.54, 1.807) is 37.4 Å². The normalized spacial score (nSPS) is 16.3. The van der Waals surface area contributed by atoms with Gasteiger partial charge in [-0.2, -0.15) is 0 Å². The van der Waals surface area contributed by atoms with Crippen molar-refractivity contribution in [1.29, 1.82) is 0 Å². The first-order valence-corrected chi connectivity index (χ1v) is 13.7. The van der Waals surface area contributed by atoms with Crippen molar-refractivity contribution in [2.45, 2.75) is 39.3 Å². The van der Waals surface area contributed by atoms with Crippen LogP contribution < -0.4 is 10.1 Å². The molecule has 2 aliphatic rings. The van der Waals surface area contributed by atoms with Gasteiger partial charge in [0.25, 0.3) is 0 Å². The minimum Gasteiger partial charge on any atom is -0.496 e. The number of fused-ring (bicyclic) bond motifs is 1. The van der Waals surface area contributed by atoms with Gasteiger partial charge in [-0.25, -0.2) is 4.98 Å². The molecule has 3 heterocycles. The molecule has 1 aromatic carbocycles. The zero-order valence-electron chi connectivity index (χ0n) is 24.0. The van der Waals surface area contributed by atoms with Gasteiger partial charge in [-0.1, -0.05) is 26.0 Å². The summed E-state index contributed by atoms with van der Waals surface area (Å²) in [6.07, 6.45) is 6.04. The van der Waals surface area contributed by atoms with Crippen LogP contribution in [0.25, 0.3) is 6.08 Å².